The summed E-state index contributed by atoms with van der Waals surface area (Å²) in [5, 5.41) is 9.59. The summed E-state index contributed by atoms with van der Waals surface area (Å²) in [6.45, 7) is 4.32. The van der Waals surface area contributed by atoms with Gasteiger partial charge in [0, 0.05) is 24.6 Å². The van der Waals surface area contributed by atoms with Crippen molar-refractivity contribution in [2.75, 3.05) is 26.8 Å². The third-order valence-electron chi connectivity index (χ3n) is 4.18. The first kappa shape index (κ1) is 17.3. The number of rotatable bonds is 6. The van der Waals surface area contributed by atoms with Crippen LogP contribution in [0.25, 0.3) is 0 Å². The van der Waals surface area contributed by atoms with Crippen molar-refractivity contribution in [3.63, 3.8) is 0 Å². The molecule has 1 saturated heterocycles. The fraction of sp³-hybridized carbons (Fsp3) is 0.529. The van der Waals surface area contributed by atoms with E-state index in [9.17, 15) is 14.7 Å². The van der Waals surface area contributed by atoms with E-state index >= 15 is 0 Å². The number of Topliss-reactive ketones (excluding diaryl/α,β-unsaturated/α-hetero) is 1. The average Bonchev–Trinajstić information content (AvgIpc) is 3.02. The van der Waals surface area contributed by atoms with Crippen LogP contribution in [0.5, 0.6) is 11.5 Å². The van der Waals surface area contributed by atoms with Crippen LogP contribution in [0.3, 0.4) is 0 Å². The van der Waals surface area contributed by atoms with Gasteiger partial charge in [0.15, 0.2) is 23.9 Å². The van der Waals surface area contributed by atoms with Crippen molar-refractivity contribution in [3.05, 3.63) is 23.8 Å². The van der Waals surface area contributed by atoms with Gasteiger partial charge in [-0.15, -0.1) is 0 Å². The van der Waals surface area contributed by atoms with Crippen LogP contribution in [0.4, 0.5) is 0 Å². The number of hydrogen-bond acceptors (Lipinski definition) is 5. The molecule has 0 bridgehead atoms. The second-order valence-electron chi connectivity index (χ2n) is 5.84. The molecular weight excluding hydrogens is 298 g/mol. The molecule has 0 radical (unpaired) electrons. The minimum absolute atomic E-state index is 0.0628. The molecule has 0 unspecified atom stereocenters. The van der Waals surface area contributed by atoms with E-state index in [-0.39, 0.29) is 24.2 Å². The van der Waals surface area contributed by atoms with Gasteiger partial charge < -0.3 is 19.5 Å². The van der Waals surface area contributed by atoms with Gasteiger partial charge in [0.05, 0.1) is 13.2 Å². The first-order valence-electron chi connectivity index (χ1n) is 7.70. The number of likely N-dealkylation sites (tertiary alicyclic amines) is 1. The number of methoxy groups -OCH3 is 1. The molecule has 0 spiro atoms. The van der Waals surface area contributed by atoms with Gasteiger partial charge in [-0.2, -0.15) is 0 Å². The lowest BCUT2D eigenvalue weighted by Crippen LogP contribution is -2.34. The largest absolute Gasteiger partial charge is 0.493 e. The molecule has 2 rings (SSSR count). The SMILES string of the molecule is COc1cc(C(C)=O)ccc1OCC(=O)N1CC[C@H]([C@@H](C)O)C1. The Morgan fingerprint density at radius 1 is 1.39 bits per heavy atom. The molecule has 0 aliphatic carbocycles. The highest BCUT2D eigenvalue weighted by molar-refractivity contribution is 5.94. The van der Waals surface area contributed by atoms with Crippen LogP contribution < -0.4 is 9.47 Å². The number of amides is 1. The summed E-state index contributed by atoms with van der Waals surface area (Å²) in [7, 11) is 1.49. The molecule has 1 fully saturated rings. The molecule has 1 heterocycles. The Hall–Kier alpha value is -2.08. The lowest BCUT2D eigenvalue weighted by Gasteiger charge is -2.18. The zero-order valence-electron chi connectivity index (χ0n) is 13.7. The smallest absolute Gasteiger partial charge is 0.260 e. The average molecular weight is 321 g/mol. The summed E-state index contributed by atoms with van der Waals surface area (Å²) in [5.74, 6) is 0.798. The molecule has 23 heavy (non-hydrogen) atoms. The highest BCUT2D eigenvalue weighted by atomic mass is 16.5. The van der Waals surface area contributed by atoms with Crippen molar-refractivity contribution in [1.29, 1.82) is 0 Å². The van der Waals surface area contributed by atoms with E-state index in [1.807, 2.05) is 0 Å². The molecular formula is C17H23NO5. The predicted octanol–water partition coefficient (Wildman–Crippen LogP) is 1.51. The van der Waals surface area contributed by atoms with Gasteiger partial charge >= 0.3 is 0 Å². The van der Waals surface area contributed by atoms with E-state index in [2.05, 4.69) is 0 Å². The standard InChI is InChI=1S/C17H23NO5/c1-11(19)13-4-5-15(16(8-13)22-3)23-10-17(21)18-7-6-14(9-18)12(2)20/h4-5,8,12,14,20H,6-7,9-10H2,1-3H3/t12-,14+/m1/s1. The van der Waals surface area contributed by atoms with Crippen LogP contribution in [0.1, 0.15) is 30.6 Å². The first-order valence-corrected chi connectivity index (χ1v) is 7.70. The number of carbonyl (C=O) groups excluding carboxylic acids is 2. The van der Waals surface area contributed by atoms with E-state index in [1.54, 1.807) is 30.0 Å². The summed E-state index contributed by atoms with van der Waals surface area (Å²) in [5.41, 5.74) is 0.528. The third-order valence-corrected chi connectivity index (χ3v) is 4.18. The molecule has 1 aromatic carbocycles. The lowest BCUT2D eigenvalue weighted by atomic mass is 10.0. The maximum Gasteiger partial charge on any atom is 0.260 e. The quantitative estimate of drug-likeness (QED) is 0.804. The van der Waals surface area contributed by atoms with Crippen molar-refractivity contribution in [2.24, 2.45) is 5.92 Å². The molecule has 1 N–H and O–H groups in total. The summed E-state index contributed by atoms with van der Waals surface area (Å²) >= 11 is 0. The molecule has 0 aromatic heterocycles. The summed E-state index contributed by atoms with van der Waals surface area (Å²) in [6.07, 6.45) is 0.396. The van der Waals surface area contributed by atoms with E-state index in [4.69, 9.17) is 9.47 Å². The number of hydrogen-bond donors (Lipinski definition) is 1. The van der Waals surface area contributed by atoms with Crippen LogP contribution in [-0.2, 0) is 4.79 Å². The van der Waals surface area contributed by atoms with Crippen molar-refractivity contribution in [1.82, 2.24) is 4.90 Å². The number of aliphatic hydroxyl groups excluding tert-OH is 1. The van der Waals surface area contributed by atoms with E-state index in [1.165, 1.54) is 14.0 Å². The van der Waals surface area contributed by atoms with Crippen LogP contribution in [0.15, 0.2) is 18.2 Å². The molecule has 6 nitrogen and oxygen atoms in total. The number of aliphatic hydroxyl groups is 1. The lowest BCUT2D eigenvalue weighted by molar-refractivity contribution is -0.132. The predicted molar refractivity (Wildman–Crippen MR) is 84.9 cm³/mol. The zero-order valence-corrected chi connectivity index (χ0v) is 13.7. The fourth-order valence-electron chi connectivity index (χ4n) is 2.64. The molecule has 1 aromatic rings. The molecule has 2 atom stereocenters. The second kappa shape index (κ2) is 7.46. The van der Waals surface area contributed by atoms with Gasteiger partial charge in [0.2, 0.25) is 0 Å². The second-order valence-corrected chi connectivity index (χ2v) is 5.84. The monoisotopic (exact) mass is 321 g/mol. The number of ether oxygens (including phenoxy) is 2. The Morgan fingerprint density at radius 3 is 2.70 bits per heavy atom. The number of carbonyl (C=O) groups is 2. The summed E-state index contributed by atoms with van der Waals surface area (Å²) in [6, 6.07) is 4.87. The minimum atomic E-state index is -0.409. The highest BCUT2D eigenvalue weighted by Gasteiger charge is 2.29. The third kappa shape index (κ3) is 4.22. The number of ketones is 1. The number of nitrogens with zero attached hydrogens (tertiary/aromatic N) is 1. The van der Waals surface area contributed by atoms with Crippen LogP contribution in [0, 0.1) is 5.92 Å². The Kier molecular flexibility index (Phi) is 5.60. The summed E-state index contributed by atoms with van der Waals surface area (Å²) in [4.78, 5) is 25.3. The van der Waals surface area contributed by atoms with Gasteiger partial charge in [-0.05, 0) is 38.5 Å². The van der Waals surface area contributed by atoms with Gasteiger partial charge in [0.25, 0.3) is 5.91 Å². The molecule has 0 saturated carbocycles. The van der Waals surface area contributed by atoms with E-state index in [0.717, 1.165) is 6.42 Å². The van der Waals surface area contributed by atoms with Crippen LogP contribution in [0.2, 0.25) is 0 Å². The molecule has 6 heteroatoms. The zero-order chi connectivity index (χ0) is 17.0. The summed E-state index contributed by atoms with van der Waals surface area (Å²) < 4.78 is 10.7. The Bertz CT molecular complexity index is 584. The molecule has 126 valence electrons. The van der Waals surface area contributed by atoms with Crippen LogP contribution in [-0.4, -0.2) is 54.6 Å². The van der Waals surface area contributed by atoms with Crippen LogP contribution >= 0.6 is 0 Å². The normalized spacial score (nSPS) is 18.6. The maximum absolute atomic E-state index is 12.2. The molecule has 1 aliphatic heterocycles. The van der Waals surface area contributed by atoms with E-state index < -0.39 is 6.10 Å². The molecule has 1 aliphatic rings. The highest BCUT2D eigenvalue weighted by Crippen LogP contribution is 2.28. The van der Waals surface area contributed by atoms with Crippen molar-refractivity contribution < 1.29 is 24.2 Å². The maximum atomic E-state index is 12.2. The number of benzene rings is 1. The van der Waals surface area contributed by atoms with Gasteiger partial charge in [0.1, 0.15) is 0 Å². The first-order chi connectivity index (χ1) is 10.9. The Morgan fingerprint density at radius 2 is 2.13 bits per heavy atom. The van der Waals surface area contributed by atoms with Crippen molar-refractivity contribution in [2.45, 2.75) is 26.4 Å². The molecule has 1 amide bonds. The Balaban J connectivity index is 1.95. The van der Waals surface area contributed by atoms with Gasteiger partial charge in [-0.3, -0.25) is 9.59 Å². The van der Waals surface area contributed by atoms with Gasteiger partial charge in [-0.25, -0.2) is 0 Å². The Labute approximate surface area is 136 Å². The van der Waals surface area contributed by atoms with Gasteiger partial charge in [-0.1, -0.05) is 0 Å². The van der Waals surface area contributed by atoms with E-state index in [0.29, 0.717) is 30.2 Å². The fourth-order valence-corrected chi connectivity index (χ4v) is 2.64. The van der Waals surface area contributed by atoms with Crippen molar-refractivity contribution in [3.8, 4) is 11.5 Å². The minimum Gasteiger partial charge on any atom is -0.493 e. The topological polar surface area (TPSA) is 76.1 Å². The van der Waals surface area contributed by atoms with Crippen molar-refractivity contribution >= 4 is 11.7 Å².